The Balaban J connectivity index is 2.12. The molecule has 5 heteroatoms. The van der Waals surface area contributed by atoms with E-state index in [0.717, 1.165) is 0 Å². The summed E-state index contributed by atoms with van der Waals surface area (Å²) in [7, 11) is 1.63. The van der Waals surface area contributed by atoms with Crippen LogP contribution in [0.15, 0.2) is 36.7 Å². The van der Waals surface area contributed by atoms with E-state index in [1.807, 2.05) is 0 Å². The lowest BCUT2D eigenvalue weighted by atomic mass is 9.95. The number of pyridine rings is 1. The van der Waals surface area contributed by atoms with E-state index in [0.29, 0.717) is 24.4 Å². The van der Waals surface area contributed by atoms with E-state index in [-0.39, 0.29) is 11.8 Å². The standard InChI is InChI=1S/C13H15N3O2/c1-9-6-7-10(12(17)15-9)13(18)16(2)11-5-3-4-8-14-11/h3-5,8,10H,1,6-7H2,2H3,(H,15,17). The van der Waals surface area contributed by atoms with Crippen molar-refractivity contribution in [2.75, 3.05) is 11.9 Å². The molecular formula is C13H15N3O2. The topological polar surface area (TPSA) is 62.3 Å². The summed E-state index contributed by atoms with van der Waals surface area (Å²) in [6.07, 6.45) is 2.75. The van der Waals surface area contributed by atoms with Gasteiger partial charge in [-0.3, -0.25) is 14.5 Å². The zero-order chi connectivity index (χ0) is 13.1. The first-order valence-corrected chi connectivity index (χ1v) is 5.77. The van der Waals surface area contributed by atoms with Gasteiger partial charge in [-0.15, -0.1) is 0 Å². The van der Waals surface area contributed by atoms with Gasteiger partial charge in [0.1, 0.15) is 11.7 Å². The fraction of sp³-hybridized carbons (Fsp3) is 0.308. The third-order valence-electron chi connectivity index (χ3n) is 2.97. The largest absolute Gasteiger partial charge is 0.330 e. The van der Waals surface area contributed by atoms with Crippen molar-refractivity contribution in [3.8, 4) is 0 Å². The highest BCUT2D eigenvalue weighted by molar-refractivity contribution is 6.07. The van der Waals surface area contributed by atoms with Gasteiger partial charge >= 0.3 is 0 Å². The van der Waals surface area contributed by atoms with Crippen LogP contribution in [0.25, 0.3) is 0 Å². The molecule has 0 radical (unpaired) electrons. The third-order valence-corrected chi connectivity index (χ3v) is 2.97. The first kappa shape index (κ1) is 12.3. The van der Waals surface area contributed by atoms with Crippen molar-refractivity contribution in [1.29, 1.82) is 0 Å². The lowest BCUT2D eigenvalue weighted by Gasteiger charge is -2.26. The van der Waals surface area contributed by atoms with Gasteiger partial charge in [0.25, 0.3) is 0 Å². The molecule has 2 amide bonds. The minimum atomic E-state index is -0.650. The van der Waals surface area contributed by atoms with Crippen LogP contribution in [-0.4, -0.2) is 23.8 Å². The number of rotatable bonds is 2. The monoisotopic (exact) mass is 245 g/mol. The summed E-state index contributed by atoms with van der Waals surface area (Å²) >= 11 is 0. The number of aromatic nitrogens is 1. The molecule has 1 aromatic rings. The Morgan fingerprint density at radius 3 is 2.94 bits per heavy atom. The van der Waals surface area contributed by atoms with E-state index < -0.39 is 5.92 Å². The van der Waals surface area contributed by atoms with Crippen LogP contribution in [0, 0.1) is 5.92 Å². The van der Waals surface area contributed by atoms with Crippen LogP contribution in [0.2, 0.25) is 0 Å². The molecule has 0 aromatic carbocycles. The van der Waals surface area contributed by atoms with Crippen LogP contribution in [0.3, 0.4) is 0 Å². The molecule has 1 saturated heterocycles. The molecule has 0 bridgehead atoms. The smallest absolute Gasteiger partial charge is 0.240 e. The zero-order valence-corrected chi connectivity index (χ0v) is 10.2. The molecule has 2 rings (SSSR count). The summed E-state index contributed by atoms with van der Waals surface area (Å²) in [5, 5.41) is 2.62. The van der Waals surface area contributed by atoms with E-state index in [4.69, 9.17) is 0 Å². The second-order valence-electron chi connectivity index (χ2n) is 4.27. The number of carbonyl (C=O) groups is 2. The Labute approximate surface area is 106 Å². The van der Waals surface area contributed by atoms with Crippen LogP contribution in [0.1, 0.15) is 12.8 Å². The van der Waals surface area contributed by atoms with Crippen LogP contribution in [-0.2, 0) is 9.59 Å². The van der Waals surface area contributed by atoms with Gasteiger partial charge in [-0.2, -0.15) is 0 Å². The predicted octanol–water partition coefficient (Wildman–Crippen LogP) is 1.08. The number of hydrogen-bond donors (Lipinski definition) is 1. The second kappa shape index (κ2) is 5.00. The number of carbonyl (C=O) groups excluding carboxylic acids is 2. The number of nitrogens with one attached hydrogen (secondary N) is 1. The Hall–Kier alpha value is -2.17. The average molecular weight is 245 g/mol. The van der Waals surface area contributed by atoms with Gasteiger partial charge < -0.3 is 5.32 Å². The Kier molecular flexibility index (Phi) is 3.41. The third kappa shape index (κ3) is 2.40. The first-order valence-electron chi connectivity index (χ1n) is 5.77. The second-order valence-corrected chi connectivity index (χ2v) is 4.27. The molecule has 1 fully saturated rings. The molecule has 1 aromatic heterocycles. The molecule has 1 atom stereocenters. The quantitative estimate of drug-likeness (QED) is 0.793. The van der Waals surface area contributed by atoms with Crippen molar-refractivity contribution in [1.82, 2.24) is 10.3 Å². The Bertz CT molecular complexity index is 484. The summed E-state index contributed by atoms with van der Waals surface area (Å²) < 4.78 is 0. The van der Waals surface area contributed by atoms with Gasteiger partial charge in [0, 0.05) is 18.9 Å². The van der Waals surface area contributed by atoms with Crippen LogP contribution >= 0.6 is 0 Å². The van der Waals surface area contributed by atoms with Gasteiger partial charge in [-0.1, -0.05) is 12.6 Å². The summed E-state index contributed by atoms with van der Waals surface area (Å²) in [6.45, 7) is 3.69. The molecule has 1 aliphatic rings. The van der Waals surface area contributed by atoms with Gasteiger partial charge in [-0.05, 0) is 25.0 Å². The zero-order valence-electron chi connectivity index (χ0n) is 10.2. The lowest BCUT2D eigenvalue weighted by molar-refractivity contribution is -0.134. The fourth-order valence-corrected chi connectivity index (χ4v) is 1.91. The van der Waals surface area contributed by atoms with E-state index in [9.17, 15) is 9.59 Å². The number of nitrogens with zero attached hydrogens (tertiary/aromatic N) is 2. The molecule has 1 unspecified atom stereocenters. The highest BCUT2D eigenvalue weighted by Gasteiger charge is 2.33. The average Bonchev–Trinajstić information content (AvgIpc) is 2.38. The van der Waals surface area contributed by atoms with E-state index in [1.54, 1.807) is 31.4 Å². The van der Waals surface area contributed by atoms with Crippen LogP contribution in [0.4, 0.5) is 5.82 Å². The van der Waals surface area contributed by atoms with Gasteiger partial charge in [0.05, 0.1) is 0 Å². The van der Waals surface area contributed by atoms with Crippen molar-refractivity contribution in [3.05, 3.63) is 36.7 Å². The predicted molar refractivity (Wildman–Crippen MR) is 67.7 cm³/mol. The number of amides is 2. The summed E-state index contributed by atoms with van der Waals surface area (Å²) in [5.41, 5.74) is 0.671. The minimum Gasteiger partial charge on any atom is -0.330 e. The SMILES string of the molecule is C=C1CCC(C(=O)N(C)c2ccccn2)C(=O)N1. The van der Waals surface area contributed by atoms with Gasteiger partial charge in [0.15, 0.2) is 0 Å². The van der Waals surface area contributed by atoms with Crippen molar-refractivity contribution in [2.24, 2.45) is 5.92 Å². The number of allylic oxidation sites excluding steroid dienone is 1. The van der Waals surface area contributed by atoms with Gasteiger partial charge in [0.2, 0.25) is 11.8 Å². The van der Waals surface area contributed by atoms with Crippen molar-refractivity contribution in [3.63, 3.8) is 0 Å². The summed E-state index contributed by atoms with van der Waals surface area (Å²) in [6, 6.07) is 5.31. The molecule has 5 nitrogen and oxygen atoms in total. The highest BCUT2D eigenvalue weighted by Crippen LogP contribution is 2.20. The number of piperidine rings is 1. The molecule has 0 saturated carbocycles. The maximum absolute atomic E-state index is 12.2. The van der Waals surface area contributed by atoms with E-state index in [1.165, 1.54) is 4.90 Å². The lowest BCUT2D eigenvalue weighted by Crippen LogP contribution is -2.44. The Morgan fingerprint density at radius 1 is 1.56 bits per heavy atom. The molecule has 1 aliphatic heterocycles. The molecule has 2 heterocycles. The molecule has 0 spiro atoms. The van der Waals surface area contributed by atoms with Crippen LogP contribution < -0.4 is 10.2 Å². The molecular weight excluding hydrogens is 230 g/mol. The normalized spacial score (nSPS) is 19.3. The molecule has 1 N–H and O–H groups in total. The van der Waals surface area contributed by atoms with Crippen LogP contribution in [0.5, 0.6) is 0 Å². The highest BCUT2D eigenvalue weighted by atomic mass is 16.2. The van der Waals surface area contributed by atoms with Crippen molar-refractivity contribution in [2.45, 2.75) is 12.8 Å². The van der Waals surface area contributed by atoms with Crippen molar-refractivity contribution < 1.29 is 9.59 Å². The first-order chi connectivity index (χ1) is 8.59. The summed E-state index contributed by atoms with van der Waals surface area (Å²) in [5.74, 6) is -0.625. The summed E-state index contributed by atoms with van der Waals surface area (Å²) in [4.78, 5) is 29.5. The fourth-order valence-electron chi connectivity index (χ4n) is 1.91. The molecule has 94 valence electrons. The number of anilines is 1. The van der Waals surface area contributed by atoms with E-state index >= 15 is 0 Å². The number of hydrogen-bond acceptors (Lipinski definition) is 3. The van der Waals surface area contributed by atoms with Crippen molar-refractivity contribution >= 4 is 17.6 Å². The molecule has 18 heavy (non-hydrogen) atoms. The van der Waals surface area contributed by atoms with E-state index in [2.05, 4.69) is 16.9 Å². The minimum absolute atomic E-state index is 0.237. The van der Waals surface area contributed by atoms with Gasteiger partial charge in [-0.25, -0.2) is 4.98 Å². The maximum Gasteiger partial charge on any atom is 0.240 e. The maximum atomic E-state index is 12.2. The molecule has 0 aliphatic carbocycles. The Morgan fingerprint density at radius 2 is 2.33 bits per heavy atom.